The van der Waals surface area contributed by atoms with Crippen LogP contribution in [-0.4, -0.2) is 50.9 Å². The van der Waals surface area contributed by atoms with Crippen molar-refractivity contribution >= 4 is 17.9 Å². The molecule has 0 rings (SSSR count). The second kappa shape index (κ2) is 18.3. The zero-order valence-corrected chi connectivity index (χ0v) is 21.9. The molecule has 0 spiro atoms. The monoisotopic (exact) mass is 470 g/mol. The van der Waals surface area contributed by atoms with Gasteiger partial charge in [-0.25, -0.2) is 4.79 Å². The molecule has 0 amide bonds. The summed E-state index contributed by atoms with van der Waals surface area (Å²) in [6, 6.07) is 0. The molecule has 0 aliphatic heterocycles. The van der Waals surface area contributed by atoms with Gasteiger partial charge in [0, 0.05) is 5.57 Å². The van der Waals surface area contributed by atoms with Gasteiger partial charge in [-0.15, -0.1) is 6.58 Å². The van der Waals surface area contributed by atoms with Crippen molar-refractivity contribution in [2.45, 2.75) is 80.6 Å². The standard InChI is InChI=1S/C14H24O5.C12H22O2/c1-6-14(5,13(16)18-7-2)10-17-8-9-19-12(15)11(3)4;1-5-7-8-9-10-14-11(13)12(3,4)6-2/h3,6-10H2,1-2,4-5H3;5H,1,6-10H2,2-4H3. The Hall–Kier alpha value is -2.15. The number of allylic oxidation sites excluding steroid dienone is 1. The van der Waals surface area contributed by atoms with E-state index < -0.39 is 11.4 Å². The van der Waals surface area contributed by atoms with Crippen molar-refractivity contribution in [1.82, 2.24) is 0 Å². The van der Waals surface area contributed by atoms with Gasteiger partial charge in [0.15, 0.2) is 0 Å². The zero-order chi connectivity index (χ0) is 25.9. The van der Waals surface area contributed by atoms with E-state index in [-0.39, 0.29) is 37.2 Å². The summed E-state index contributed by atoms with van der Waals surface area (Å²) >= 11 is 0. The number of esters is 3. The van der Waals surface area contributed by atoms with Crippen LogP contribution in [0.4, 0.5) is 0 Å². The van der Waals surface area contributed by atoms with Crippen LogP contribution in [0.15, 0.2) is 24.8 Å². The maximum Gasteiger partial charge on any atom is 0.333 e. The smallest absolute Gasteiger partial charge is 0.333 e. The molecule has 0 aromatic heterocycles. The normalized spacial score (nSPS) is 12.5. The van der Waals surface area contributed by atoms with Crippen LogP contribution in [0.3, 0.4) is 0 Å². The Labute approximate surface area is 200 Å². The van der Waals surface area contributed by atoms with Crippen molar-refractivity contribution in [1.29, 1.82) is 0 Å². The number of hydrogen-bond acceptors (Lipinski definition) is 7. The number of unbranched alkanes of at least 4 members (excludes halogenated alkanes) is 2. The lowest BCUT2D eigenvalue weighted by molar-refractivity contribution is -0.159. The first kappa shape index (κ1) is 33.0. The lowest BCUT2D eigenvalue weighted by atomic mass is 9.89. The minimum atomic E-state index is -0.658. The van der Waals surface area contributed by atoms with Gasteiger partial charge in [0.2, 0.25) is 0 Å². The molecule has 0 aromatic rings. The third-order valence-corrected chi connectivity index (χ3v) is 5.25. The van der Waals surface area contributed by atoms with Crippen LogP contribution in [0.25, 0.3) is 0 Å². The van der Waals surface area contributed by atoms with Gasteiger partial charge in [-0.3, -0.25) is 9.59 Å². The first-order chi connectivity index (χ1) is 15.4. The maximum absolute atomic E-state index is 11.8. The predicted molar refractivity (Wildman–Crippen MR) is 131 cm³/mol. The first-order valence-electron chi connectivity index (χ1n) is 11.8. The van der Waals surface area contributed by atoms with Gasteiger partial charge in [0.25, 0.3) is 0 Å². The number of hydrogen-bond donors (Lipinski definition) is 0. The van der Waals surface area contributed by atoms with Crippen LogP contribution in [0.5, 0.6) is 0 Å². The highest BCUT2D eigenvalue weighted by Gasteiger charge is 2.33. The van der Waals surface area contributed by atoms with Gasteiger partial charge in [-0.2, -0.15) is 0 Å². The third kappa shape index (κ3) is 15.3. The zero-order valence-electron chi connectivity index (χ0n) is 21.9. The second-order valence-electron chi connectivity index (χ2n) is 8.76. The molecule has 0 saturated heterocycles. The van der Waals surface area contributed by atoms with Crippen LogP contribution in [-0.2, 0) is 33.3 Å². The highest BCUT2D eigenvalue weighted by Crippen LogP contribution is 2.23. The maximum atomic E-state index is 11.8. The summed E-state index contributed by atoms with van der Waals surface area (Å²) in [5.74, 6) is -0.790. The molecule has 0 aliphatic rings. The van der Waals surface area contributed by atoms with Crippen LogP contribution in [0, 0.1) is 10.8 Å². The van der Waals surface area contributed by atoms with Crippen LogP contribution in [0.2, 0.25) is 0 Å². The summed E-state index contributed by atoms with van der Waals surface area (Å²) < 4.78 is 20.4. The van der Waals surface area contributed by atoms with Gasteiger partial charge in [0.1, 0.15) is 6.61 Å². The van der Waals surface area contributed by atoms with Gasteiger partial charge < -0.3 is 18.9 Å². The second-order valence-corrected chi connectivity index (χ2v) is 8.76. The Balaban J connectivity index is 0. The molecule has 0 aromatic carbocycles. The van der Waals surface area contributed by atoms with Crippen molar-refractivity contribution in [2.75, 3.05) is 33.0 Å². The molecule has 0 fully saturated rings. The van der Waals surface area contributed by atoms with Gasteiger partial charge in [-0.05, 0) is 66.7 Å². The summed E-state index contributed by atoms with van der Waals surface area (Å²) in [5.41, 5.74) is -0.641. The lowest BCUT2D eigenvalue weighted by Crippen LogP contribution is -2.34. The molecule has 7 nitrogen and oxygen atoms in total. The Bertz CT molecular complexity index is 610. The van der Waals surface area contributed by atoms with Gasteiger partial charge >= 0.3 is 17.9 Å². The Kier molecular flexibility index (Phi) is 18.3. The molecule has 0 bridgehead atoms. The Morgan fingerprint density at radius 1 is 0.848 bits per heavy atom. The van der Waals surface area contributed by atoms with E-state index in [1.165, 1.54) is 0 Å². The summed E-state index contributed by atoms with van der Waals surface area (Å²) in [7, 11) is 0. The Morgan fingerprint density at radius 2 is 1.48 bits per heavy atom. The molecule has 33 heavy (non-hydrogen) atoms. The highest BCUT2D eigenvalue weighted by atomic mass is 16.6. The van der Waals surface area contributed by atoms with E-state index in [0.717, 1.165) is 25.7 Å². The Morgan fingerprint density at radius 3 is 1.97 bits per heavy atom. The average Bonchev–Trinajstić information content (AvgIpc) is 2.78. The number of rotatable bonds is 16. The van der Waals surface area contributed by atoms with E-state index in [0.29, 0.717) is 25.2 Å². The minimum absolute atomic E-state index is 0.0846. The molecular weight excluding hydrogens is 424 g/mol. The quantitative estimate of drug-likeness (QED) is 0.0978. The van der Waals surface area contributed by atoms with Crippen molar-refractivity contribution in [2.24, 2.45) is 10.8 Å². The SMILES string of the molecule is C=C(C)C(=O)OCCOCC(C)(CC)C(=O)OCC.C=CCCCCOC(=O)C(C)(C)CC. The van der Waals surface area contributed by atoms with E-state index in [1.807, 2.05) is 33.8 Å². The number of ether oxygens (including phenoxy) is 4. The number of carbonyl (C=O) groups excluding carboxylic acids is 3. The molecule has 0 aliphatic carbocycles. The average molecular weight is 471 g/mol. The van der Waals surface area contributed by atoms with E-state index in [9.17, 15) is 14.4 Å². The molecule has 0 heterocycles. The largest absolute Gasteiger partial charge is 0.466 e. The topological polar surface area (TPSA) is 88.1 Å². The van der Waals surface area contributed by atoms with Gasteiger partial charge in [-0.1, -0.05) is 26.5 Å². The molecule has 0 radical (unpaired) electrons. The predicted octanol–water partition coefficient (Wildman–Crippen LogP) is 5.42. The van der Waals surface area contributed by atoms with E-state index in [2.05, 4.69) is 13.2 Å². The summed E-state index contributed by atoms with van der Waals surface area (Å²) in [6.07, 6.45) is 6.29. The lowest BCUT2D eigenvalue weighted by Gasteiger charge is -2.25. The fraction of sp³-hybridized carbons (Fsp3) is 0.731. The molecule has 192 valence electrons. The third-order valence-electron chi connectivity index (χ3n) is 5.25. The molecule has 7 heteroatoms. The van der Waals surface area contributed by atoms with Crippen LogP contribution >= 0.6 is 0 Å². The number of carbonyl (C=O) groups is 3. The molecule has 1 atom stereocenters. The van der Waals surface area contributed by atoms with Crippen molar-refractivity contribution in [3.63, 3.8) is 0 Å². The van der Waals surface area contributed by atoms with Gasteiger partial charge in [0.05, 0.1) is 37.3 Å². The fourth-order valence-electron chi connectivity index (χ4n) is 2.12. The molecular formula is C26H46O7. The van der Waals surface area contributed by atoms with E-state index in [1.54, 1.807) is 20.8 Å². The van der Waals surface area contributed by atoms with Crippen molar-refractivity contribution in [3.8, 4) is 0 Å². The van der Waals surface area contributed by atoms with Crippen LogP contribution < -0.4 is 0 Å². The summed E-state index contributed by atoms with van der Waals surface area (Å²) in [5, 5.41) is 0. The molecule has 0 saturated carbocycles. The summed E-state index contributed by atoms with van der Waals surface area (Å²) in [6.45, 7) is 21.5. The highest BCUT2D eigenvalue weighted by molar-refractivity contribution is 5.86. The van der Waals surface area contributed by atoms with E-state index in [4.69, 9.17) is 18.9 Å². The van der Waals surface area contributed by atoms with Crippen molar-refractivity contribution in [3.05, 3.63) is 24.8 Å². The molecule has 1 unspecified atom stereocenters. The minimum Gasteiger partial charge on any atom is -0.466 e. The first-order valence-corrected chi connectivity index (χ1v) is 11.8. The van der Waals surface area contributed by atoms with Crippen molar-refractivity contribution < 1.29 is 33.3 Å². The molecule has 0 N–H and O–H groups in total. The van der Waals surface area contributed by atoms with E-state index >= 15 is 0 Å². The van der Waals surface area contributed by atoms with Crippen LogP contribution in [0.1, 0.15) is 80.6 Å². The summed E-state index contributed by atoms with van der Waals surface area (Å²) in [4.78, 5) is 34.3. The fourth-order valence-corrected chi connectivity index (χ4v) is 2.12.